The highest BCUT2D eigenvalue weighted by atomic mass is 16.5. The number of ether oxygens (including phenoxy) is 2. The predicted octanol–water partition coefficient (Wildman–Crippen LogP) is 4.28. The van der Waals surface area contributed by atoms with E-state index in [0.717, 1.165) is 40.1 Å². The van der Waals surface area contributed by atoms with E-state index in [2.05, 4.69) is 11.0 Å². The van der Waals surface area contributed by atoms with Crippen LogP contribution < -0.4 is 15.1 Å². The van der Waals surface area contributed by atoms with E-state index < -0.39 is 0 Å². The minimum atomic E-state index is -0.303. The topological polar surface area (TPSA) is 51.9 Å². The molecule has 1 aliphatic rings. The molecule has 0 unspecified atom stereocenters. The number of aryl methyl sites for hydroxylation is 1. The SMILES string of the molecule is COc1ccc(OC)c(CN(Cc2cc(=O)oc3cc(C)ccc23)C2CC2)c1. The lowest BCUT2D eigenvalue weighted by Crippen LogP contribution is -2.26. The fourth-order valence-corrected chi connectivity index (χ4v) is 3.66. The molecule has 5 heteroatoms. The summed E-state index contributed by atoms with van der Waals surface area (Å²) >= 11 is 0. The summed E-state index contributed by atoms with van der Waals surface area (Å²) in [6.45, 7) is 3.42. The highest BCUT2D eigenvalue weighted by Crippen LogP contribution is 2.34. The molecule has 0 aliphatic heterocycles. The van der Waals surface area contributed by atoms with Crippen molar-refractivity contribution in [1.29, 1.82) is 0 Å². The maximum atomic E-state index is 12.1. The Kier molecular flexibility index (Phi) is 5.09. The van der Waals surface area contributed by atoms with Crippen molar-refractivity contribution in [3.05, 3.63) is 69.6 Å². The van der Waals surface area contributed by atoms with Crippen LogP contribution in [0.4, 0.5) is 0 Å². The minimum Gasteiger partial charge on any atom is -0.497 e. The molecule has 5 nitrogen and oxygen atoms in total. The summed E-state index contributed by atoms with van der Waals surface area (Å²) in [5.41, 5.74) is 3.50. The third-order valence-electron chi connectivity index (χ3n) is 5.28. The van der Waals surface area contributed by atoms with Gasteiger partial charge in [-0.15, -0.1) is 0 Å². The zero-order valence-electron chi connectivity index (χ0n) is 16.5. The second-order valence-electron chi connectivity index (χ2n) is 7.40. The first-order chi connectivity index (χ1) is 13.6. The lowest BCUT2D eigenvalue weighted by Gasteiger charge is -2.24. The van der Waals surface area contributed by atoms with E-state index in [0.29, 0.717) is 18.2 Å². The van der Waals surface area contributed by atoms with Gasteiger partial charge in [0.05, 0.1) is 14.2 Å². The molecule has 0 spiro atoms. The van der Waals surface area contributed by atoms with Crippen molar-refractivity contribution >= 4 is 11.0 Å². The van der Waals surface area contributed by atoms with Crippen molar-refractivity contribution in [3.8, 4) is 11.5 Å². The highest BCUT2D eigenvalue weighted by Gasteiger charge is 2.30. The van der Waals surface area contributed by atoms with Gasteiger partial charge in [-0.1, -0.05) is 12.1 Å². The van der Waals surface area contributed by atoms with Gasteiger partial charge in [0.1, 0.15) is 17.1 Å². The van der Waals surface area contributed by atoms with E-state index in [1.54, 1.807) is 20.3 Å². The third-order valence-corrected chi connectivity index (χ3v) is 5.28. The summed E-state index contributed by atoms with van der Waals surface area (Å²) in [5.74, 6) is 1.66. The molecule has 1 saturated carbocycles. The first-order valence-corrected chi connectivity index (χ1v) is 9.55. The number of rotatable bonds is 7. The van der Waals surface area contributed by atoms with Crippen molar-refractivity contribution in [2.75, 3.05) is 14.2 Å². The van der Waals surface area contributed by atoms with E-state index in [1.807, 2.05) is 37.3 Å². The van der Waals surface area contributed by atoms with E-state index in [4.69, 9.17) is 13.9 Å². The van der Waals surface area contributed by atoms with Crippen LogP contribution in [0.3, 0.4) is 0 Å². The summed E-state index contributed by atoms with van der Waals surface area (Å²) in [6.07, 6.45) is 2.34. The average Bonchev–Trinajstić information content (AvgIpc) is 3.52. The first-order valence-electron chi connectivity index (χ1n) is 9.55. The van der Waals surface area contributed by atoms with Gasteiger partial charge < -0.3 is 13.9 Å². The average molecular weight is 379 g/mol. The summed E-state index contributed by atoms with van der Waals surface area (Å²) in [4.78, 5) is 14.5. The van der Waals surface area contributed by atoms with Crippen LogP contribution in [0.15, 0.2) is 51.7 Å². The van der Waals surface area contributed by atoms with Crippen LogP contribution in [0.25, 0.3) is 11.0 Å². The molecule has 0 saturated heterocycles. The molecular formula is C23H25NO4. The molecule has 0 atom stereocenters. The lowest BCUT2D eigenvalue weighted by atomic mass is 10.1. The molecule has 0 radical (unpaired) electrons. The Balaban J connectivity index is 1.68. The van der Waals surface area contributed by atoms with Crippen LogP contribution in [-0.4, -0.2) is 25.2 Å². The van der Waals surface area contributed by atoms with E-state index in [9.17, 15) is 4.79 Å². The monoisotopic (exact) mass is 379 g/mol. The van der Waals surface area contributed by atoms with E-state index >= 15 is 0 Å². The Morgan fingerprint density at radius 3 is 2.50 bits per heavy atom. The molecule has 1 heterocycles. The largest absolute Gasteiger partial charge is 0.497 e. The summed E-state index contributed by atoms with van der Waals surface area (Å²) in [5, 5.41) is 0.994. The second kappa shape index (κ2) is 7.68. The molecule has 3 aromatic rings. The van der Waals surface area contributed by atoms with Gasteiger partial charge in [-0.2, -0.15) is 0 Å². The Labute approximate surface area is 164 Å². The van der Waals surface area contributed by atoms with Gasteiger partial charge in [0.15, 0.2) is 0 Å². The predicted molar refractivity (Wildman–Crippen MR) is 109 cm³/mol. The molecule has 0 bridgehead atoms. The molecular weight excluding hydrogens is 354 g/mol. The van der Waals surface area contributed by atoms with E-state index in [1.165, 1.54) is 12.8 Å². The van der Waals surface area contributed by atoms with Crippen LogP contribution in [0.1, 0.15) is 29.5 Å². The van der Waals surface area contributed by atoms with Crippen LogP contribution in [0.2, 0.25) is 0 Å². The highest BCUT2D eigenvalue weighted by molar-refractivity contribution is 5.80. The Bertz CT molecular complexity index is 1050. The van der Waals surface area contributed by atoms with Crippen molar-refractivity contribution in [3.63, 3.8) is 0 Å². The van der Waals surface area contributed by atoms with Crippen molar-refractivity contribution in [2.45, 2.75) is 38.9 Å². The molecule has 2 aromatic carbocycles. The van der Waals surface area contributed by atoms with Gasteiger partial charge >= 0.3 is 5.63 Å². The van der Waals surface area contributed by atoms with Crippen LogP contribution in [0.5, 0.6) is 11.5 Å². The van der Waals surface area contributed by atoms with E-state index in [-0.39, 0.29) is 5.63 Å². The normalized spacial score (nSPS) is 13.9. The van der Waals surface area contributed by atoms with Crippen LogP contribution in [-0.2, 0) is 13.1 Å². The molecule has 0 N–H and O–H groups in total. The number of hydrogen-bond acceptors (Lipinski definition) is 5. The minimum absolute atomic E-state index is 0.303. The lowest BCUT2D eigenvalue weighted by molar-refractivity contribution is 0.241. The van der Waals surface area contributed by atoms with Gasteiger partial charge in [0.25, 0.3) is 0 Å². The van der Waals surface area contributed by atoms with Crippen molar-refractivity contribution < 1.29 is 13.9 Å². The molecule has 1 aromatic heterocycles. The maximum absolute atomic E-state index is 12.1. The number of hydrogen-bond donors (Lipinski definition) is 0. The molecule has 1 fully saturated rings. The fraction of sp³-hybridized carbons (Fsp3) is 0.348. The third kappa shape index (κ3) is 3.90. The zero-order chi connectivity index (χ0) is 19.7. The molecule has 28 heavy (non-hydrogen) atoms. The summed E-state index contributed by atoms with van der Waals surface area (Å²) in [6, 6.07) is 14.0. The summed E-state index contributed by atoms with van der Waals surface area (Å²) < 4.78 is 16.4. The molecule has 146 valence electrons. The number of fused-ring (bicyclic) bond motifs is 1. The van der Waals surface area contributed by atoms with Gasteiger partial charge in [-0.05, 0) is 55.2 Å². The van der Waals surface area contributed by atoms with Gasteiger partial charge in [0, 0.05) is 36.1 Å². The van der Waals surface area contributed by atoms with Gasteiger partial charge in [-0.25, -0.2) is 4.79 Å². The Morgan fingerprint density at radius 2 is 1.79 bits per heavy atom. The maximum Gasteiger partial charge on any atom is 0.336 e. The molecule has 1 aliphatic carbocycles. The number of nitrogens with zero attached hydrogens (tertiary/aromatic N) is 1. The molecule has 4 rings (SSSR count). The molecule has 0 amide bonds. The standard InChI is InChI=1S/C23H25NO4/c1-15-4-8-20-16(12-23(25)28-22(20)10-15)13-24(18-5-6-18)14-17-11-19(26-2)7-9-21(17)27-3/h4,7-12,18H,5-6,13-14H2,1-3H3. The van der Waals surface area contributed by atoms with Gasteiger partial charge in [0.2, 0.25) is 0 Å². The Morgan fingerprint density at radius 1 is 1.00 bits per heavy atom. The quantitative estimate of drug-likeness (QED) is 0.574. The van der Waals surface area contributed by atoms with Crippen LogP contribution >= 0.6 is 0 Å². The second-order valence-corrected chi connectivity index (χ2v) is 7.40. The zero-order valence-corrected chi connectivity index (χ0v) is 16.5. The van der Waals surface area contributed by atoms with Crippen LogP contribution in [0, 0.1) is 6.92 Å². The van der Waals surface area contributed by atoms with Crippen molar-refractivity contribution in [1.82, 2.24) is 4.90 Å². The first kappa shape index (κ1) is 18.6. The van der Waals surface area contributed by atoms with Gasteiger partial charge in [-0.3, -0.25) is 4.90 Å². The smallest absolute Gasteiger partial charge is 0.336 e. The summed E-state index contributed by atoms with van der Waals surface area (Å²) in [7, 11) is 3.35. The number of benzene rings is 2. The van der Waals surface area contributed by atoms with Crippen molar-refractivity contribution in [2.24, 2.45) is 0 Å². The number of methoxy groups -OCH3 is 2. The Hall–Kier alpha value is -2.79. The fourth-order valence-electron chi connectivity index (χ4n) is 3.66.